The molecule has 0 bridgehead atoms. The lowest BCUT2D eigenvalue weighted by Gasteiger charge is -2.31. The number of carbonyl (C=O) groups is 2. The standard InChI is InChI=1S/C19H20F2N2O3S/c20-19(21)26-15-7-2-1-5-13(15)11-22-17(24)14-6-3-9-23(12-14)18(25)16-8-4-10-27-16/h1-2,4-5,7-8,10,14,19H,3,6,9,11-12H2,(H,22,24)/t14-/m1/s1. The van der Waals surface area contributed by atoms with Gasteiger partial charge in [-0.3, -0.25) is 9.59 Å². The van der Waals surface area contributed by atoms with Crippen LogP contribution >= 0.6 is 11.3 Å². The Hall–Kier alpha value is -2.48. The molecule has 0 spiro atoms. The molecule has 1 aliphatic rings. The summed E-state index contributed by atoms with van der Waals surface area (Å²) in [5.41, 5.74) is 0.480. The highest BCUT2D eigenvalue weighted by Gasteiger charge is 2.29. The number of halogens is 2. The Labute approximate surface area is 159 Å². The minimum atomic E-state index is -2.92. The smallest absolute Gasteiger partial charge is 0.387 e. The second-order valence-corrected chi connectivity index (χ2v) is 7.22. The summed E-state index contributed by atoms with van der Waals surface area (Å²) in [5, 5.41) is 4.62. The molecule has 3 rings (SSSR count). The van der Waals surface area contributed by atoms with Gasteiger partial charge in [-0.05, 0) is 30.4 Å². The molecular formula is C19H20F2N2O3S. The molecule has 1 fully saturated rings. The van der Waals surface area contributed by atoms with Crippen LogP contribution in [0.3, 0.4) is 0 Å². The van der Waals surface area contributed by atoms with Gasteiger partial charge in [0.25, 0.3) is 5.91 Å². The van der Waals surface area contributed by atoms with E-state index < -0.39 is 6.61 Å². The summed E-state index contributed by atoms with van der Waals surface area (Å²) in [7, 11) is 0. The molecule has 2 aromatic rings. The first-order valence-corrected chi connectivity index (χ1v) is 9.56. The van der Waals surface area contributed by atoms with Crippen LogP contribution < -0.4 is 10.1 Å². The molecular weight excluding hydrogens is 374 g/mol. The molecule has 8 heteroatoms. The van der Waals surface area contributed by atoms with Gasteiger partial charge in [-0.2, -0.15) is 8.78 Å². The summed E-state index contributed by atoms with van der Waals surface area (Å²) in [6, 6.07) is 9.96. The molecule has 1 N–H and O–H groups in total. The number of benzene rings is 1. The van der Waals surface area contributed by atoms with E-state index in [1.54, 1.807) is 29.2 Å². The van der Waals surface area contributed by atoms with Crippen LogP contribution in [0.4, 0.5) is 8.78 Å². The number of thiophene rings is 1. The summed E-state index contributed by atoms with van der Waals surface area (Å²) in [5.74, 6) is -0.513. The van der Waals surface area contributed by atoms with Gasteiger partial charge in [0.05, 0.1) is 10.8 Å². The van der Waals surface area contributed by atoms with Crippen molar-refractivity contribution in [1.82, 2.24) is 10.2 Å². The first-order valence-electron chi connectivity index (χ1n) is 8.68. The van der Waals surface area contributed by atoms with Crippen molar-refractivity contribution in [2.24, 2.45) is 5.92 Å². The second kappa shape index (κ2) is 8.94. The molecule has 2 amide bonds. The van der Waals surface area contributed by atoms with Crippen LogP contribution in [0, 0.1) is 5.92 Å². The van der Waals surface area contributed by atoms with Crippen LogP contribution in [0.5, 0.6) is 5.75 Å². The van der Waals surface area contributed by atoms with Crippen LogP contribution in [0.2, 0.25) is 0 Å². The summed E-state index contributed by atoms with van der Waals surface area (Å²) in [4.78, 5) is 27.4. The molecule has 0 radical (unpaired) electrons. The van der Waals surface area contributed by atoms with Crippen molar-refractivity contribution in [3.63, 3.8) is 0 Å². The van der Waals surface area contributed by atoms with E-state index in [1.165, 1.54) is 17.4 Å². The van der Waals surface area contributed by atoms with E-state index >= 15 is 0 Å². The average molecular weight is 394 g/mol. The second-order valence-electron chi connectivity index (χ2n) is 6.27. The Morgan fingerprint density at radius 2 is 2.07 bits per heavy atom. The summed E-state index contributed by atoms with van der Waals surface area (Å²) >= 11 is 1.38. The first-order chi connectivity index (χ1) is 13.0. The van der Waals surface area contributed by atoms with Crippen molar-refractivity contribution >= 4 is 23.2 Å². The van der Waals surface area contributed by atoms with E-state index in [0.29, 0.717) is 30.0 Å². The zero-order valence-corrected chi connectivity index (χ0v) is 15.4. The summed E-state index contributed by atoms with van der Waals surface area (Å²) in [6.45, 7) is -1.84. The quantitative estimate of drug-likeness (QED) is 0.816. The van der Waals surface area contributed by atoms with Crippen molar-refractivity contribution in [3.8, 4) is 5.75 Å². The van der Waals surface area contributed by atoms with Gasteiger partial charge in [-0.1, -0.05) is 24.3 Å². The lowest BCUT2D eigenvalue weighted by Crippen LogP contribution is -2.45. The summed E-state index contributed by atoms with van der Waals surface area (Å²) in [6.07, 6.45) is 1.44. The van der Waals surface area contributed by atoms with Crippen LogP contribution in [0.15, 0.2) is 41.8 Å². The van der Waals surface area contributed by atoms with Crippen molar-refractivity contribution < 1.29 is 23.1 Å². The predicted octanol–water partition coefficient (Wildman–Crippen LogP) is 3.52. The molecule has 0 aliphatic carbocycles. The molecule has 2 heterocycles. The van der Waals surface area contributed by atoms with E-state index in [2.05, 4.69) is 10.1 Å². The molecule has 144 valence electrons. The number of ether oxygens (including phenoxy) is 1. The van der Waals surface area contributed by atoms with Crippen LogP contribution in [0.1, 0.15) is 28.1 Å². The third-order valence-corrected chi connectivity index (χ3v) is 5.31. The number of carbonyl (C=O) groups excluding carboxylic acids is 2. The maximum atomic E-state index is 12.5. The maximum Gasteiger partial charge on any atom is 0.387 e. The Morgan fingerprint density at radius 1 is 1.26 bits per heavy atom. The predicted molar refractivity (Wildman–Crippen MR) is 97.9 cm³/mol. The van der Waals surface area contributed by atoms with Crippen LogP contribution in [-0.4, -0.2) is 36.4 Å². The largest absolute Gasteiger partial charge is 0.434 e. The minimum absolute atomic E-state index is 0.0472. The van der Waals surface area contributed by atoms with Crippen molar-refractivity contribution in [2.75, 3.05) is 13.1 Å². The highest BCUT2D eigenvalue weighted by Crippen LogP contribution is 2.22. The van der Waals surface area contributed by atoms with Crippen molar-refractivity contribution in [2.45, 2.75) is 26.0 Å². The first kappa shape index (κ1) is 19.3. The highest BCUT2D eigenvalue weighted by molar-refractivity contribution is 7.12. The number of para-hydroxylation sites is 1. The molecule has 1 atom stereocenters. The number of rotatable bonds is 6. The zero-order chi connectivity index (χ0) is 19.2. The Kier molecular flexibility index (Phi) is 6.39. The van der Waals surface area contributed by atoms with Crippen LogP contribution in [-0.2, 0) is 11.3 Å². The fraction of sp³-hybridized carbons (Fsp3) is 0.368. The highest BCUT2D eigenvalue weighted by atomic mass is 32.1. The number of nitrogens with zero attached hydrogens (tertiary/aromatic N) is 1. The third kappa shape index (κ3) is 5.03. The van der Waals surface area contributed by atoms with Gasteiger partial charge in [-0.15, -0.1) is 11.3 Å². The van der Waals surface area contributed by atoms with Gasteiger partial charge >= 0.3 is 6.61 Å². The lowest BCUT2D eigenvalue weighted by atomic mass is 9.97. The molecule has 1 aromatic heterocycles. The molecule has 0 saturated carbocycles. The number of alkyl halides is 2. The Bertz CT molecular complexity index is 783. The SMILES string of the molecule is O=C(NCc1ccccc1OC(F)F)[C@@H]1CCCN(C(=O)c2cccs2)C1. The minimum Gasteiger partial charge on any atom is -0.434 e. The fourth-order valence-corrected chi connectivity index (χ4v) is 3.81. The normalized spacial score (nSPS) is 17.0. The van der Waals surface area contributed by atoms with E-state index in [9.17, 15) is 18.4 Å². The molecule has 1 aromatic carbocycles. The van der Waals surface area contributed by atoms with Gasteiger partial charge in [0.1, 0.15) is 5.75 Å². The van der Waals surface area contributed by atoms with Gasteiger partial charge in [0.2, 0.25) is 5.91 Å². The van der Waals surface area contributed by atoms with E-state index in [4.69, 9.17) is 0 Å². The Balaban J connectivity index is 1.57. The third-order valence-electron chi connectivity index (χ3n) is 4.45. The number of nitrogens with one attached hydrogen (secondary N) is 1. The van der Waals surface area contributed by atoms with E-state index in [1.807, 2.05) is 11.4 Å². The zero-order valence-electron chi connectivity index (χ0n) is 14.6. The topological polar surface area (TPSA) is 58.6 Å². The van der Waals surface area contributed by atoms with Gasteiger partial charge in [0, 0.05) is 25.2 Å². The number of likely N-dealkylation sites (tertiary alicyclic amines) is 1. The molecule has 0 unspecified atom stereocenters. The van der Waals surface area contributed by atoms with E-state index in [-0.39, 0.29) is 30.0 Å². The molecule has 1 saturated heterocycles. The number of hydrogen-bond acceptors (Lipinski definition) is 4. The van der Waals surface area contributed by atoms with Gasteiger partial charge in [-0.25, -0.2) is 0 Å². The monoisotopic (exact) mass is 394 g/mol. The number of hydrogen-bond donors (Lipinski definition) is 1. The van der Waals surface area contributed by atoms with Crippen LogP contribution in [0.25, 0.3) is 0 Å². The molecule has 1 aliphatic heterocycles. The van der Waals surface area contributed by atoms with Crippen molar-refractivity contribution in [1.29, 1.82) is 0 Å². The lowest BCUT2D eigenvalue weighted by molar-refractivity contribution is -0.126. The average Bonchev–Trinajstić information content (AvgIpc) is 3.21. The van der Waals surface area contributed by atoms with Crippen molar-refractivity contribution in [3.05, 3.63) is 52.2 Å². The molecule has 5 nitrogen and oxygen atoms in total. The van der Waals surface area contributed by atoms with Gasteiger partial charge < -0.3 is 15.0 Å². The molecule has 27 heavy (non-hydrogen) atoms. The van der Waals surface area contributed by atoms with E-state index in [0.717, 1.165) is 6.42 Å². The maximum absolute atomic E-state index is 12.5. The summed E-state index contributed by atoms with van der Waals surface area (Å²) < 4.78 is 29.4. The Morgan fingerprint density at radius 3 is 2.81 bits per heavy atom. The van der Waals surface area contributed by atoms with Gasteiger partial charge in [0.15, 0.2) is 0 Å². The fourth-order valence-electron chi connectivity index (χ4n) is 3.12. The number of piperidine rings is 1. The number of amides is 2.